The maximum atomic E-state index is 10.4. The molecule has 0 spiro atoms. The first-order valence-corrected chi connectivity index (χ1v) is 10.2. The molecule has 34 heavy (non-hydrogen) atoms. The molecule has 0 heterocycles. The number of methoxy groups -OCH3 is 1. The zero-order chi connectivity index (χ0) is 27.3. The quantitative estimate of drug-likeness (QED) is 0.162. The van der Waals surface area contributed by atoms with Gasteiger partial charge in [0.2, 0.25) is 11.8 Å². The molecule has 1 atom stereocenters. The second-order valence-corrected chi connectivity index (χ2v) is 6.82. The van der Waals surface area contributed by atoms with Gasteiger partial charge in [0.25, 0.3) is 0 Å². The summed E-state index contributed by atoms with van der Waals surface area (Å²) in [5.74, 6) is -1.19. The van der Waals surface area contributed by atoms with E-state index in [1.54, 1.807) is 19.9 Å². The zero-order valence-corrected chi connectivity index (χ0v) is 20.7. The van der Waals surface area contributed by atoms with Gasteiger partial charge in [-0.15, -0.1) is 0 Å². The highest BCUT2D eigenvalue weighted by atomic mass is 16.7. The lowest BCUT2D eigenvalue weighted by Crippen LogP contribution is -2.27. The first-order valence-electron chi connectivity index (χ1n) is 10.2. The molecule has 7 N–H and O–H groups in total. The Morgan fingerprint density at radius 3 is 1.94 bits per heavy atom. The van der Waals surface area contributed by atoms with Crippen LogP contribution in [0.2, 0.25) is 0 Å². The number of ether oxygens (including phenoxy) is 2. The van der Waals surface area contributed by atoms with Gasteiger partial charge in [0.15, 0.2) is 17.8 Å². The van der Waals surface area contributed by atoms with Crippen molar-refractivity contribution in [3.05, 3.63) is 61.2 Å². The largest absolute Gasteiger partial charge is 0.504 e. The van der Waals surface area contributed by atoms with E-state index in [1.165, 1.54) is 25.3 Å². The van der Waals surface area contributed by atoms with Crippen LogP contribution in [0.1, 0.15) is 33.3 Å². The first kappa shape index (κ1) is 35.0. The summed E-state index contributed by atoms with van der Waals surface area (Å²) in [7, 11) is 1.46. The Bertz CT molecular complexity index is 781. The molecule has 10 heteroatoms. The van der Waals surface area contributed by atoms with Gasteiger partial charge in [-0.2, -0.15) is 0 Å². The predicted molar refractivity (Wildman–Crippen MR) is 133 cm³/mol. The molecule has 192 valence electrons. The summed E-state index contributed by atoms with van der Waals surface area (Å²) < 4.78 is 9.20. The zero-order valence-electron chi connectivity index (χ0n) is 20.7. The van der Waals surface area contributed by atoms with Crippen molar-refractivity contribution in [1.29, 1.82) is 0 Å². The number of carbonyl (C=O) groups is 3. The van der Waals surface area contributed by atoms with Crippen molar-refractivity contribution in [2.24, 2.45) is 11.5 Å². The van der Waals surface area contributed by atoms with E-state index in [2.05, 4.69) is 34.5 Å². The number of nitrogens with one attached hydrogen (secondary N) is 1. The van der Waals surface area contributed by atoms with Crippen molar-refractivity contribution < 1.29 is 34.1 Å². The highest BCUT2D eigenvalue weighted by molar-refractivity contribution is 5.90. The third kappa shape index (κ3) is 23.0. The fraction of sp³-hybridized carbons (Fsp3) is 0.375. The molecule has 0 fully saturated rings. The summed E-state index contributed by atoms with van der Waals surface area (Å²) in [5.41, 5.74) is 11.3. The van der Waals surface area contributed by atoms with Crippen LogP contribution in [-0.2, 0) is 30.3 Å². The molecular weight excluding hydrogens is 442 g/mol. The lowest BCUT2D eigenvalue weighted by atomic mass is 10.1. The van der Waals surface area contributed by atoms with Crippen LogP contribution < -0.4 is 16.8 Å². The number of hydrogen-bond acceptors (Lipinski definition) is 8. The predicted octanol–water partition coefficient (Wildman–Crippen LogP) is 2.05. The van der Waals surface area contributed by atoms with Crippen LogP contribution in [0, 0.1) is 0 Å². The number of phenols is 2. The number of esters is 1. The standard InChI is InChI=1S/C8H11NO2.C6H11NO.C6H10O3.C4H7NO/c9-4-3-6-1-2-7(10)8(11)5-6;1-4-6(8)7-5(2)3;1-4-6(7)9-5(2)8-3;1-3(2)4(5)6/h1-2,5,10-11H,3-4,9H2;4-5H,1H2,2-3H3,(H,7,8);4-5H,1H2,2-3H3;1H2,2H3,(H2,5,6). The van der Waals surface area contributed by atoms with Crippen molar-refractivity contribution in [1.82, 2.24) is 5.32 Å². The van der Waals surface area contributed by atoms with Crippen LogP contribution in [-0.4, -0.2) is 54.0 Å². The molecule has 0 aliphatic carbocycles. The molecule has 0 aliphatic heterocycles. The Kier molecular flexibility index (Phi) is 21.8. The topological polar surface area (TPSA) is 174 Å². The number of phenolic OH excluding ortho intramolecular Hbond substituents is 2. The second-order valence-electron chi connectivity index (χ2n) is 6.82. The van der Waals surface area contributed by atoms with E-state index < -0.39 is 18.2 Å². The Morgan fingerprint density at radius 2 is 1.65 bits per heavy atom. The van der Waals surface area contributed by atoms with E-state index in [1.807, 2.05) is 13.8 Å². The Labute approximate surface area is 201 Å². The average molecular weight is 482 g/mol. The third-order valence-corrected chi connectivity index (χ3v) is 3.29. The molecule has 1 rings (SSSR count). The van der Waals surface area contributed by atoms with Gasteiger partial charge >= 0.3 is 5.97 Å². The summed E-state index contributed by atoms with van der Waals surface area (Å²) in [5, 5.41) is 20.6. The van der Waals surface area contributed by atoms with Crippen LogP contribution >= 0.6 is 0 Å². The smallest absolute Gasteiger partial charge is 0.332 e. The molecule has 0 radical (unpaired) electrons. The molecule has 0 bridgehead atoms. The Balaban J connectivity index is -0.000000386. The monoisotopic (exact) mass is 481 g/mol. The fourth-order valence-electron chi connectivity index (χ4n) is 1.49. The molecule has 10 nitrogen and oxygen atoms in total. The minimum absolute atomic E-state index is 0.0871. The van der Waals surface area contributed by atoms with Gasteiger partial charge in [-0.3, -0.25) is 9.59 Å². The molecule has 0 saturated heterocycles. The molecular formula is C24H39N3O7. The highest BCUT2D eigenvalue weighted by Gasteiger charge is 2.01. The summed E-state index contributed by atoms with van der Waals surface area (Å²) in [6.07, 6.45) is 2.58. The van der Waals surface area contributed by atoms with Gasteiger partial charge in [-0.1, -0.05) is 25.8 Å². The van der Waals surface area contributed by atoms with Gasteiger partial charge in [0.1, 0.15) is 0 Å². The van der Waals surface area contributed by atoms with E-state index in [-0.39, 0.29) is 23.4 Å². The highest BCUT2D eigenvalue weighted by Crippen LogP contribution is 2.24. The molecule has 1 aromatic rings. The van der Waals surface area contributed by atoms with Crippen LogP contribution in [0.3, 0.4) is 0 Å². The summed E-state index contributed by atoms with van der Waals surface area (Å²) in [6.45, 7) is 17.4. The van der Waals surface area contributed by atoms with Gasteiger partial charge in [0, 0.05) is 24.8 Å². The molecule has 1 unspecified atom stereocenters. The average Bonchev–Trinajstić information content (AvgIpc) is 2.77. The number of primary amides is 1. The SMILES string of the molecule is C=C(C)C(N)=O.C=CC(=O)NC(C)C.C=CC(=O)OC(C)OC.NCCc1ccc(O)c(O)c1. The lowest BCUT2D eigenvalue weighted by molar-refractivity contribution is -0.163. The van der Waals surface area contributed by atoms with Crippen LogP contribution in [0.5, 0.6) is 11.5 Å². The van der Waals surface area contributed by atoms with Crippen molar-refractivity contribution in [2.75, 3.05) is 13.7 Å². The first-order chi connectivity index (χ1) is 15.7. The van der Waals surface area contributed by atoms with E-state index in [0.29, 0.717) is 18.5 Å². The third-order valence-electron chi connectivity index (χ3n) is 3.29. The molecule has 0 saturated carbocycles. The molecule has 0 aromatic heterocycles. The molecule has 1 aromatic carbocycles. The number of aromatic hydroxyl groups is 2. The van der Waals surface area contributed by atoms with Crippen LogP contribution in [0.15, 0.2) is 55.7 Å². The van der Waals surface area contributed by atoms with E-state index >= 15 is 0 Å². The van der Waals surface area contributed by atoms with Crippen molar-refractivity contribution in [3.8, 4) is 11.5 Å². The lowest BCUT2D eigenvalue weighted by Gasteiger charge is -2.07. The van der Waals surface area contributed by atoms with Gasteiger partial charge in [0.05, 0.1) is 0 Å². The van der Waals surface area contributed by atoms with Gasteiger partial charge in [-0.25, -0.2) is 4.79 Å². The van der Waals surface area contributed by atoms with Crippen molar-refractivity contribution in [3.63, 3.8) is 0 Å². The summed E-state index contributed by atoms with van der Waals surface area (Å²) in [6, 6.07) is 4.92. The van der Waals surface area contributed by atoms with Crippen molar-refractivity contribution >= 4 is 17.8 Å². The van der Waals surface area contributed by atoms with Crippen LogP contribution in [0.4, 0.5) is 0 Å². The van der Waals surface area contributed by atoms with E-state index in [9.17, 15) is 14.4 Å². The second kappa shape index (κ2) is 21.2. The maximum absolute atomic E-state index is 10.4. The minimum atomic E-state index is -0.490. The van der Waals surface area contributed by atoms with Crippen LogP contribution in [0.25, 0.3) is 0 Å². The Hall–Kier alpha value is -3.63. The minimum Gasteiger partial charge on any atom is -0.504 e. The molecule has 2 amide bonds. The summed E-state index contributed by atoms with van der Waals surface area (Å²) >= 11 is 0. The Morgan fingerprint density at radius 1 is 1.12 bits per heavy atom. The van der Waals surface area contributed by atoms with Gasteiger partial charge in [-0.05, 0) is 64.4 Å². The number of hydrogen-bond donors (Lipinski definition) is 5. The molecule has 0 aliphatic rings. The number of benzene rings is 1. The number of amides is 2. The fourth-order valence-corrected chi connectivity index (χ4v) is 1.49. The number of carbonyl (C=O) groups excluding carboxylic acids is 3. The van der Waals surface area contributed by atoms with E-state index in [0.717, 1.165) is 11.6 Å². The van der Waals surface area contributed by atoms with Gasteiger partial charge < -0.3 is 36.5 Å². The van der Waals surface area contributed by atoms with E-state index in [4.69, 9.17) is 21.7 Å². The number of rotatable bonds is 8. The number of nitrogens with two attached hydrogens (primary N) is 2. The maximum Gasteiger partial charge on any atom is 0.332 e. The normalized spacial score (nSPS) is 9.85. The van der Waals surface area contributed by atoms with Crippen molar-refractivity contribution in [2.45, 2.75) is 46.4 Å². The summed E-state index contributed by atoms with van der Waals surface area (Å²) in [4.78, 5) is 30.6.